The summed E-state index contributed by atoms with van der Waals surface area (Å²) in [5, 5.41) is 3.35. The van der Waals surface area contributed by atoms with Gasteiger partial charge in [0.15, 0.2) is 0 Å². The molecule has 3 fully saturated rings. The van der Waals surface area contributed by atoms with Crippen LogP contribution in [0.2, 0.25) is 0 Å². The fourth-order valence-corrected chi connectivity index (χ4v) is 5.37. The fraction of sp³-hybridized carbons (Fsp3) is 0.600. The van der Waals surface area contributed by atoms with Crippen LogP contribution in [0.3, 0.4) is 0 Å². The molecule has 0 unspecified atom stereocenters. The summed E-state index contributed by atoms with van der Waals surface area (Å²) >= 11 is 0. The van der Waals surface area contributed by atoms with E-state index < -0.39 is 0 Å². The maximum absolute atomic E-state index is 12.9. The molecule has 5 nitrogen and oxygen atoms in total. The molecule has 132 valence electrons. The first kappa shape index (κ1) is 15.4. The second-order valence-corrected chi connectivity index (χ2v) is 7.97. The van der Waals surface area contributed by atoms with Crippen LogP contribution in [0, 0.1) is 17.8 Å². The van der Waals surface area contributed by atoms with E-state index in [0.717, 1.165) is 30.0 Å². The van der Waals surface area contributed by atoms with Crippen LogP contribution in [-0.4, -0.2) is 34.2 Å². The molecule has 0 radical (unpaired) electrons. The third-order valence-electron chi connectivity index (χ3n) is 6.67. The summed E-state index contributed by atoms with van der Waals surface area (Å²) in [4.78, 5) is 17.2. The van der Waals surface area contributed by atoms with Crippen molar-refractivity contribution in [3.8, 4) is 0 Å². The van der Waals surface area contributed by atoms with Crippen LogP contribution in [0.25, 0.3) is 11.0 Å². The molecule has 5 heteroatoms. The Balaban J connectivity index is 1.36. The average Bonchev–Trinajstić information content (AvgIpc) is 3.34. The third-order valence-corrected chi connectivity index (χ3v) is 6.67. The maximum Gasteiger partial charge on any atom is 0.251 e. The third kappa shape index (κ3) is 2.40. The number of aryl methyl sites for hydroxylation is 1. The highest BCUT2D eigenvalue weighted by Gasteiger charge is 2.57. The first-order chi connectivity index (χ1) is 12.2. The Hall–Kier alpha value is -1.88. The Morgan fingerprint density at radius 1 is 1.28 bits per heavy atom. The van der Waals surface area contributed by atoms with Crippen molar-refractivity contribution in [1.82, 2.24) is 14.9 Å². The van der Waals surface area contributed by atoms with Gasteiger partial charge >= 0.3 is 0 Å². The minimum Gasteiger partial charge on any atom is -0.377 e. The molecule has 1 aliphatic heterocycles. The molecule has 2 saturated carbocycles. The van der Waals surface area contributed by atoms with E-state index in [1.54, 1.807) is 6.33 Å². The number of nitrogens with zero attached hydrogens (tertiary/aromatic N) is 2. The van der Waals surface area contributed by atoms with E-state index in [0.29, 0.717) is 23.5 Å². The predicted octanol–water partition coefficient (Wildman–Crippen LogP) is 2.90. The van der Waals surface area contributed by atoms with Crippen LogP contribution in [0.4, 0.5) is 0 Å². The average molecular weight is 339 g/mol. The molecular formula is C20H25N3O2. The summed E-state index contributed by atoms with van der Waals surface area (Å²) in [6, 6.07) is 6.07. The van der Waals surface area contributed by atoms with Gasteiger partial charge in [0.05, 0.1) is 23.5 Å². The Kier molecular flexibility index (Phi) is 3.59. The molecule has 0 spiro atoms. The largest absolute Gasteiger partial charge is 0.377 e. The van der Waals surface area contributed by atoms with E-state index in [-0.39, 0.29) is 11.9 Å². The second kappa shape index (κ2) is 5.84. The number of hydrogen-bond acceptors (Lipinski definition) is 3. The number of fused-ring (bicyclic) bond motifs is 2. The zero-order chi connectivity index (χ0) is 17.0. The molecule has 5 rings (SSSR count). The molecule has 4 atom stereocenters. The van der Waals surface area contributed by atoms with Crippen LogP contribution >= 0.6 is 0 Å². The van der Waals surface area contributed by atoms with E-state index >= 15 is 0 Å². The number of nitrogens with one attached hydrogen (secondary N) is 1. The van der Waals surface area contributed by atoms with Gasteiger partial charge in [-0.3, -0.25) is 4.79 Å². The first-order valence-corrected chi connectivity index (χ1v) is 9.56. The van der Waals surface area contributed by atoms with Crippen LogP contribution in [0.15, 0.2) is 24.5 Å². The lowest BCUT2D eigenvalue weighted by Crippen LogP contribution is -2.63. The molecule has 2 aromatic rings. The number of amides is 1. The highest BCUT2D eigenvalue weighted by Crippen LogP contribution is 2.51. The maximum atomic E-state index is 12.9. The normalized spacial score (nSPS) is 31.9. The van der Waals surface area contributed by atoms with E-state index in [1.807, 2.05) is 29.8 Å². The minimum absolute atomic E-state index is 0.0332. The van der Waals surface area contributed by atoms with Crippen molar-refractivity contribution < 1.29 is 9.53 Å². The summed E-state index contributed by atoms with van der Waals surface area (Å²) in [7, 11) is 1.97. The summed E-state index contributed by atoms with van der Waals surface area (Å²) in [5.74, 6) is 1.78. The lowest BCUT2D eigenvalue weighted by molar-refractivity contribution is -0.0784. The van der Waals surface area contributed by atoms with Gasteiger partial charge in [0.2, 0.25) is 0 Å². The SMILES string of the molecule is Cn1cnc2cc(C(=O)N[C@H]3[C@H]4CCO[C@H]4[C@H]3C3CCCC3)ccc21. The van der Waals surface area contributed by atoms with Crippen molar-refractivity contribution >= 4 is 16.9 Å². The lowest BCUT2D eigenvalue weighted by atomic mass is 9.61. The van der Waals surface area contributed by atoms with Crippen molar-refractivity contribution in [3.63, 3.8) is 0 Å². The monoisotopic (exact) mass is 339 g/mol. The van der Waals surface area contributed by atoms with E-state index in [1.165, 1.54) is 25.7 Å². The smallest absolute Gasteiger partial charge is 0.251 e. The Morgan fingerprint density at radius 2 is 2.12 bits per heavy atom. The van der Waals surface area contributed by atoms with Gasteiger partial charge in [0.25, 0.3) is 5.91 Å². The van der Waals surface area contributed by atoms with Gasteiger partial charge in [0.1, 0.15) is 0 Å². The highest BCUT2D eigenvalue weighted by molar-refractivity contribution is 5.97. The number of imidazole rings is 1. The molecule has 1 amide bonds. The van der Waals surface area contributed by atoms with Crippen molar-refractivity contribution in [3.05, 3.63) is 30.1 Å². The molecule has 0 bridgehead atoms. The number of aromatic nitrogens is 2. The second-order valence-electron chi connectivity index (χ2n) is 7.97. The number of rotatable bonds is 3. The van der Waals surface area contributed by atoms with Crippen LogP contribution in [0.1, 0.15) is 42.5 Å². The summed E-state index contributed by atoms with van der Waals surface area (Å²) in [5.41, 5.74) is 2.63. The summed E-state index contributed by atoms with van der Waals surface area (Å²) in [6.45, 7) is 0.852. The number of carbonyl (C=O) groups excluding carboxylic acids is 1. The summed E-state index contributed by atoms with van der Waals surface area (Å²) < 4.78 is 7.96. The Labute approximate surface area is 147 Å². The van der Waals surface area contributed by atoms with Crippen molar-refractivity contribution in [2.45, 2.75) is 44.2 Å². The molecular weight excluding hydrogens is 314 g/mol. The number of benzene rings is 1. The fourth-order valence-electron chi connectivity index (χ4n) is 5.37. The molecule has 1 N–H and O–H groups in total. The van der Waals surface area contributed by atoms with Crippen molar-refractivity contribution in [1.29, 1.82) is 0 Å². The Morgan fingerprint density at radius 3 is 2.96 bits per heavy atom. The molecule has 3 aliphatic rings. The lowest BCUT2D eigenvalue weighted by Gasteiger charge is -2.50. The van der Waals surface area contributed by atoms with Gasteiger partial charge in [-0.25, -0.2) is 4.98 Å². The van der Waals surface area contributed by atoms with E-state index in [2.05, 4.69) is 10.3 Å². The standard InChI is InChI=1S/C20H25N3O2/c1-23-11-21-15-10-13(6-7-16(15)23)20(24)22-18-14-8-9-25-19(14)17(18)12-4-2-3-5-12/h6-7,10-12,14,17-19H,2-5,8-9H2,1H3,(H,22,24)/t14-,17+,18+,19-/m1/s1. The molecule has 1 saturated heterocycles. The van der Waals surface area contributed by atoms with Gasteiger partial charge in [0, 0.05) is 37.1 Å². The number of hydrogen-bond donors (Lipinski definition) is 1. The molecule has 1 aromatic heterocycles. The van der Waals surface area contributed by atoms with Crippen molar-refractivity contribution in [2.24, 2.45) is 24.8 Å². The zero-order valence-corrected chi connectivity index (χ0v) is 14.6. The zero-order valence-electron chi connectivity index (χ0n) is 14.6. The predicted molar refractivity (Wildman–Crippen MR) is 95.3 cm³/mol. The highest BCUT2D eigenvalue weighted by atomic mass is 16.5. The van der Waals surface area contributed by atoms with E-state index in [9.17, 15) is 4.79 Å². The van der Waals surface area contributed by atoms with E-state index in [4.69, 9.17) is 4.74 Å². The summed E-state index contributed by atoms with van der Waals surface area (Å²) in [6.07, 6.45) is 8.50. The molecule has 1 aromatic carbocycles. The van der Waals surface area contributed by atoms with Gasteiger partial charge in [-0.05, 0) is 30.5 Å². The van der Waals surface area contributed by atoms with Gasteiger partial charge in [-0.1, -0.05) is 25.7 Å². The van der Waals surface area contributed by atoms with Gasteiger partial charge in [-0.2, -0.15) is 0 Å². The van der Waals surface area contributed by atoms with Crippen LogP contribution in [-0.2, 0) is 11.8 Å². The number of ether oxygens (including phenoxy) is 1. The topological polar surface area (TPSA) is 56.2 Å². The van der Waals surface area contributed by atoms with Crippen LogP contribution in [0.5, 0.6) is 0 Å². The molecule has 2 aliphatic carbocycles. The minimum atomic E-state index is 0.0332. The quantitative estimate of drug-likeness (QED) is 0.935. The molecule has 25 heavy (non-hydrogen) atoms. The van der Waals surface area contributed by atoms with Crippen LogP contribution < -0.4 is 5.32 Å². The number of carbonyl (C=O) groups is 1. The Bertz CT molecular complexity index is 804. The van der Waals surface area contributed by atoms with Gasteiger partial charge < -0.3 is 14.6 Å². The first-order valence-electron chi connectivity index (χ1n) is 9.56. The van der Waals surface area contributed by atoms with Crippen molar-refractivity contribution in [2.75, 3.05) is 6.61 Å². The van der Waals surface area contributed by atoms with Gasteiger partial charge in [-0.15, -0.1) is 0 Å². The molecule has 2 heterocycles.